The number of likely N-dealkylation sites (N-methyl/N-ethyl adjacent to an activating group) is 1. The number of hydrogen-bond donors (Lipinski definition) is 1. The van der Waals surface area contributed by atoms with Crippen molar-refractivity contribution in [3.8, 4) is 0 Å². The van der Waals surface area contributed by atoms with E-state index in [4.69, 9.17) is 10.2 Å². The van der Waals surface area contributed by atoms with E-state index in [2.05, 4.69) is 0 Å². The Morgan fingerprint density at radius 2 is 2.00 bits per heavy atom. The Morgan fingerprint density at radius 3 is 2.45 bits per heavy atom. The first-order valence-electron chi connectivity index (χ1n) is 6.26. The quantitative estimate of drug-likeness (QED) is 0.853. The highest BCUT2D eigenvalue weighted by Crippen LogP contribution is 2.11. The molecule has 0 aliphatic heterocycles. The summed E-state index contributed by atoms with van der Waals surface area (Å²) >= 11 is 0. The zero-order chi connectivity index (χ0) is 14.4. The standard InChI is InChI=1S/C13H21N3O3.ClH/c1-4-5-16(8-12(17)15(2)3)13(18)10-6-11(7-14)19-9-10;/h6,9H,4-5,7-8,14H2,1-3H3;1H. The second kappa shape index (κ2) is 8.60. The molecule has 0 aliphatic rings. The maximum atomic E-state index is 12.3. The molecule has 0 aliphatic carbocycles. The van der Waals surface area contributed by atoms with Crippen LogP contribution < -0.4 is 5.73 Å². The predicted molar refractivity (Wildman–Crippen MR) is 78.7 cm³/mol. The lowest BCUT2D eigenvalue weighted by Crippen LogP contribution is -2.40. The lowest BCUT2D eigenvalue weighted by molar-refractivity contribution is -0.129. The third-order valence-corrected chi connectivity index (χ3v) is 2.71. The minimum absolute atomic E-state index is 0. The molecule has 2 amide bonds. The summed E-state index contributed by atoms with van der Waals surface area (Å²) in [7, 11) is 3.34. The van der Waals surface area contributed by atoms with E-state index in [0.29, 0.717) is 17.9 Å². The number of carbonyl (C=O) groups is 2. The first kappa shape index (κ1) is 18.5. The molecule has 0 saturated carbocycles. The fourth-order valence-electron chi connectivity index (χ4n) is 1.61. The van der Waals surface area contributed by atoms with Crippen molar-refractivity contribution in [3.63, 3.8) is 0 Å². The summed E-state index contributed by atoms with van der Waals surface area (Å²) in [5.41, 5.74) is 5.87. The molecule has 1 heterocycles. The van der Waals surface area contributed by atoms with Gasteiger partial charge in [-0.05, 0) is 12.5 Å². The van der Waals surface area contributed by atoms with Gasteiger partial charge in [-0.15, -0.1) is 12.4 Å². The predicted octanol–water partition coefficient (Wildman–Crippen LogP) is 1.10. The average Bonchev–Trinajstić information content (AvgIpc) is 2.85. The van der Waals surface area contributed by atoms with E-state index in [1.54, 1.807) is 20.2 Å². The maximum Gasteiger partial charge on any atom is 0.257 e. The van der Waals surface area contributed by atoms with Crippen molar-refractivity contribution in [3.05, 3.63) is 23.7 Å². The molecule has 1 rings (SSSR count). The summed E-state index contributed by atoms with van der Waals surface area (Å²) in [5, 5.41) is 0. The molecule has 0 radical (unpaired) electrons. The van der Waals surface area contributed by atoms with E-state index in [1.807, 2.05) is 6.92 Å². The van der Waals surface area contributed by atoms with Crippen molar-refractivity contribution < 1.29 is 14.0 Å². The SMILES string of the molecule is CCCN(CC(=O)N(C)C)C(=O)c1coc(CN)c1.Cl. The Balaban J connectivity index is 0.00000361. The van der Waals surface area contributed by atoms with Crippen LogP contribution in [0.3, 0.4) is 0 Å². The van der Waals surface area contributed by atoms with Gasteiger partial charge in [0.25, 0.3) is 5.91 Å². The van der Waals surface area contributed by atoms with Gasteiger partial charge >= 0.3 is 0 Å². The maximum absolute atomic E-state index is 12.3. The van der Waals surface area contributed by atoms with Crippen LogP contribution in [0.5, 0.6) is 0 Å². The van der Waals surface area contributed by atoms with Crippen molar-refractivity contribution in [1.29, 1.82) is 0 Å². The smallest absolute Gasteiger partial charge is 0.257 e. The summed E-state index contributed by atoms with van der Waals surface area (Å²) < 4.78 is 5.15. The average molecular weight is 304 g/mol. The number of nitrogens with two attached hydrogens (primary N) is 1. The molecule has 20 heavy (non-hydrogen) atoms. The van der Waals surface area contributed by atoms with Gasteiger partial charge in [0, 0.05) is 20.6 Å². The molecule has 0 bridgehead atoms. The van der Waals surface area contributed by atoms with Gasteiger partial charge in [-0.1, -0.05) is 6.92 Å². The molecule has 6 nitrogen and oxygen atoms in total. The zero-order valence-electron chi connectivity index (χ0n) is 12.1. The summed E-state index contributed by atoms with van der Waals surface area (Å²) in [6.07, 6.45) is 2.17. The molecular weight excluding hydrogens is 282 g/mol. The lowest BCUT2D eigenvalue weighted by atomic mass is 10.2. The van der Waals surface area contributed by atoms with Crippen LogP contribution in [0.1, 0.15) is 29.5 Å². The molecule has 1 aromatic heterocycles. The second-order valence-electron chi connectivity index (χ2n) is 4.52. The van der Waals surface area contributed by atoms with E-state index in [0.717, 1.165) is 6.42 Å². The van der Waals surface area contributed by atoms with Gasteiger partial charge in [-0.2, -0.15) is 0 Å². The van der Waals surface area contributed by atoms with Crippen LogP contribution >= 0.6 is 12.4 Å². The fraction of sp³-hybridized carbons (Fsp3) is 0.538. The first-order valence-corrected chi connectivity index (χ1v) is 6.26. The minimum atomic E-state index is -0.208. The van der Waals surface area contributed by atoms with E-state index in [1.165, 1.54) is 16.1 Å². The summed E-state index contributed by atoms with van der Waals surface area (Å²) in [4.78, 5) is 27.0. The minimum Gasteiger partial charge on any atom is -0.467 e. The van der Waals surface area contributed by atoms with Gasteiger partial charge in [0.2, 0.25) is 5.91 Å². The third kappa shape index (κ3) is 4.86. The molecule has 2 N–H and O–H groups in total. The highest BCUT2D eigenvalue weighted by Gasteiger charge is 2.20. The Morgan fingerprint density at radius 1 is 1.35 bits per heavy atom. The van der Waals surface area contributed by atoms with E-state index in [9.17, 15) is 9.59 Å². The van der Waals surface area contributed by atoms with Gasteiger partial charge in [0.1, 0.15) is 18.6 Å². The van der Waals surface area contributed by atoms with Crippen LogP contribution in [0.25, 0.3) is 0 Å². The van der Waals surface area contributed by atoms with E-state index >= 15 is 0 Å². The monoisotopic (exact) mass is 303 g/mol. The van der Waals surface area contributed by atoms with Gasteiger partial charge in [-0.25, -0.2) is 0 Å². The van der Waals surface area contributed by atoms with Crippen LogP contribution in [-0.2, 0) is 11.3 Å². The number of amides is 2. The molecule has 1 aromatic rings. The number of halogens is 1. The third-order valence-electron chi connectivity index (χ3n) is 2.71. The van der Waals surface area contributed by atoms with Gasteiger partial charge in [0.15, 0.2) is 0 Å². The Labute approximate surface area is 125 Å². The first-order chi connectivity index (χ1) is 8.99. The Kier molecular flexibility index (Phi) is 7.94. The number of hydrogen-bond acceptors (Lipinski definition) is 4. The molecule has 0 spiro atoms. The van der Waals surface area contributed by atoms with Crippen LogP contribution in [0.4, 0.5) is 0 Å². The molecule has 0 unspecified atom stereocenters. The van der Waals surface area contributed by atoms with E-state index in [-0.39, 0.29) is 37.3 Å². The fourth-order valence-corrected chi connectivity index (χ4v) is 1.61. The lowest BCUT2D eigenvalue weighted by Gasteiger charge is -2.22. The van der Waals surface area contributed by atoms with Gasteiger partial charge < -0.3 is 20.0 Å². The Bertz CT molecular complexity index is 446. The van der Waals surface area contributed by atoms with Crippen LogP contribution in [-0.4, -0.2) is 48.8 Å². The molecule has 0 aromatic carbocycles. The summed E-state index contributed by atoms with van der Waals surface area (Å²) in [5.74, 6) is 0.239. The molecule has 114 valence electrons. The van der Waals surface area contributed by atoms with Crippen LogP contribution in [0.2, 0.25) is 0 Å². The largest absolute Gasteiger partial charge is 0.467 e. The topological polar surface area (TPSA) is 79.8 Å². The molecule has 7 heteroatoms. The molecule has 0 fully saturated rings. The molecule has 0 saturated heterocycles. The van der Waals surface area contributed by atoms with Crippen molar-refractivity contribution >= 4 is 24.2 Å². The number of rotatable bonds is 6. The second-order valence-corrected chi connectivity index (χ2v) is 4.52. The number of furan rings is 1. The van der Waals surface area contributed by atoms with Crippen LogP contribution in [0.15, 0.2) is 16.7 Å². The zero-order valence-corrected chi connectivity index (χ0v) is 12.9. The van der Waals surface area contributed by atoms with E-state index < -0.39 is 0 Å². The normalized spacial score (nSPS) is 9.80. The number of nitrogens with zero attached hydrogens (tertiary/aromatic N) is 2. The highest BCUT2D eigenvalue weighted by molar-refractivity contribution is 5.96. The summed E-state index contributed by atoms with van der Waals surface area (Å²) in [6.45, 7) is 2.81. The molecule has 0 atom stereocenters. The van der Waals surface area contributed by atoms with Crippen molar-refractivity contribution in [1.82, 2.24) is 9.80 Å². The van der Waals surface area contributed by atoms with Crippen molar-refractivity contribution in [2.24, 2.45) is 5.73 Å². The molecular formula is C13H22ClN3O3. The van der Waals surface area contributed by atoms with Crippen molar-refractivity contribution in [2.45, 2.75) is 19.9 Å². The summed E-state index contributed by atoms with van der Waals surface area (Å²) in [6, 6.07) is 1.62. The van der Waals surface area contributed by atoms with Gasteiger partial charge in [0.05, 0.1) is 12.1 Å². The van der Waals surface area contributed by atoms with Crippen molar-refractivity contribution in [2.75, 3.05) is 27.2 Å². The highest BCUT2D eigenvalue weighted by atomic mass is 35.5. The number of carbonyl (C=O) groups excluding carboxylic acids is 2. The van der Waals surface area contributed by atoms with Crippen LogP contribution in [0, 0.1) is 0 Å². The Hall–Kier alpha value is -1.53. The van der Waals surface area contributed by atoms with Gasteiger partial charge in [-0.3, -0.25) is 9.59 Å².